The van der Waals surface area contributed by atoms with Gasteiger partial charge in [0.15, 0.2) is 0 Å². The van der Waals surface area contributed by atoms with Gasteiger partial charge in [0.1, 0.15) is 0 Å². The summed E-state index contributed by atoms with van der Waals surface area (Å²) in [4.78, 5) is 37.1. The first-order valence-corrected chi connectivity index (χ1v) is 8.32. The van der Waals surface area contributed by atoms with Crippen LogP contribution in [0.5, 0.6) is 0 Å². The Labute approximate surface area is 131 Å². The Balaban J connectivity index is 1.85. The first-order valence-electron chi connectivity index (χ1n) is 8.32. The second kappa shape index (κ2) is 7.61. The fourth-order valence-electron chi connectivity index (χ4n) is 3.51. The van der Waals surface area contributed by atoms with Gasteiger partial charge in [-0.05, 0) is 38.5 Å². The zero-order valence-corrected chi connectivity index (χ0v) is 13.2. The molecule has 1 aliphatic heterocycles. The summed E-state index contributed by atoms with van der Waals surface area (Å²) in [6.07, 6.45) is 4.85. The molecule has 22 heavy (non-hydrogen) atoms. The smallest absolute Gasteiger partial charge is 0.306 e. The van der Waals surface area contributed by atoms with Crippen LogP contribution in [0.2, 0.25) is 0 Å². The molecule has 124 valence electrons. The quantitative estimate of drug-likeness (QED) is 0.803. The Morgan fingerprint density at radius 1 is 1.18 bits per heavy atom. The van der Waals surface area contributed by atoms with Crippen molar-refractivity contribution in [2.75, 3.05) is 13.1 Å². The number of amides is 2. The third-order valence-electron chi connectivity index (χ3n) is 4.71. The molecular weight excluding hydrogens is 284 g/mol. The summed E-state index contributed by atoms with van der Waals surface area (Å²) in [6.45, 7) is 3.24. The van der Waals surface area contributed by atoms with Crippen LogP contribution in [0, 0.1) is 11.8 Å². The van der Waals surface area contributed by atoms with Crippen molar-refractivity contribution in [1.29, 1.82) is 0 Å². The van der Waals surface area contributed by atoms with Crippen LogP contribution in [-0.2, 0) is 14.4 Å². The number of likely N-dealkylation sites (tertiary alicyclic amines) is 1. The highest BCUT2D eigenvalue weighted by Gasteiger charge is 2.37. The van der Waals surface area contributed by atoms with Gasteiger partial charge in [-0.25, -0.2) is 0 Å². The summed E-state index contributed by atoms with van der Waals surface area (Å²) < 4.78 is 0. The molecule has 1 unspecified atom stereocenters. The van der Waals surface area contributed by atoms with Gasteiger partial charge in [0.25, 0.3) is 0 Å². The van der Waals surface area contributed by atoms with Crippen LogP contribution in [0.4, 0.5) is 0 Å². The van der Waals surface area contributed by atoms with Crippen LogP contribution in [-0.4, -0.2) is 46.9 Å². The Bertz CT molecular complexity index is 438. The lowest BCUT2D eigenvalue weighted by molar-refractivity contribution is -0.142. The SMILES string of the molecule is CCCC(=O)NC1CCCN(C(=O)[C@@H]2CC[C@H](C(=O)O)C2)C1. The molecular formula is C16H26N2O4. The summed E-state index contributed by atoms with van der Waals surface area (Å²) in [6, 6.07) is 0.0356. The van der Waals surface area contributed by atoms with Crippen LogP contribution in [0.25, 0.3) is 0 Å². The van der Waals surface area contributed by atoms with E-state index in [0.29, 0.717) is 38.8 Å². The minimum absolute atomic E-state index is 0.0356. The Morgan fingerprint density at radius 3 is 2.55 bits per heavy atom. The summed E-state index contributed by atoms with van der Waals surface area (Å²) in [7, 11) is 0. The third kappa shape index (κ3) is 4.21. The van der Waals surface area contributed by atoms with Gasteiger partial charge >= 0.3 is 5.97 Å². The highest BCUT2D eigenvalue weighted by Crippen LogP contribution is 2.33. The van der Waals surface area contributed by atoms with Crippen LogP contribution < -0.4 is 5.32 Å². The maximum Gasteiger partial charge on any atom is 0.306 e. The summed E-state index contributed by atoms with van der Waals surface area (Å²) in [5.41, 5.74) is 0. The largest absolute Gasteiger partial charge is 0.481 e. The third-order valence-corrected chi connectivity index (χ3v) is 4.71. The fraction of sp³-hybridized carbons (Fsp3) is 0.812. The number of hydrogen-bond acceptors (Lipinski definition) is 3. The van der Waals surface area contributed by atoms with Crippen molar-refractivity contribution < 1.29 is 19.5 Å². The summed E-state index contributed by atoms with van der Waals surface area (Å²) in [5.74, 6) is -1.21. The molecule has 2 N–H and O–H groups in total. The van der Waals surface area contributed by atoms with E-state index in [1.807, 2.05) is 11.8 Å². The van der Waals surface area contributed by atoms with Gasteiger partial charge in [-0.15, -0.1) is 0 Å². The number of carboxylic acid groups (broad SMARTS) is 1. The molecule has 0 bridgehead atoms. The van der Waals surface area contributed by atoms with E-state index in [9.17, 15) is 14.4 Å². The van der Waals surface area contributed by atoms with Gasteiger partial charge in [-0.2, -0.15) is 0 Å². The van der Waals surface area contributed by atoms with Crippen LogP contribution in [0.1, 0.15) is 51.9 Å². The van der Waals surface area contributed by atoms with E-state index in [1.165, 1.54) is 0 Å². The minimum Gasteiger partial charge on any atom is -0.481 e. The normalized spacial score (nSPS) is 28.4. The molecule has 3 atom stereocenters. The number of rotatable bonds is 5. The molecule has 1 saturated heterocycles. The first-order chi connectivity index (χ1) is 10.5. The number of nitrogens with one attached hydrogen (secondary N) is 1. The number of piperidine rings is 1. The van der Waals surface area contributed by atoms with Crippen LogP contribution in [0.3, 0.4) is 0 Å². The number of carbonyl (C=O) groups excluding carboxylic acids is 2. The molecule has 1 aliphatic carbocycles. The summed E-state index contributed by atoms with van der Waals surface area (Å²) >= 11 is 0. The maximum atomic E-state index is 12.5. The van der Waals surface area contributed by atoms with Crippen molar-refractivity contribution in [2.45, 2.75) is 57.9 Å². The van der Waals surface area contributed by atoms with E-state index in [2.05, 4.69) is 5.32 Å². The van der Waals surface area contributed by atoms with Crippen molar-refractivity contribution >= 4 is 17.8 Å². The molecule has 2 amide bonds. The van der Waals surface area contributed by atoms with E-state index in [4.69, 9.17) is 5.11 Å². The molecule has 6 nitrogen and oxygen atoms in total. The standard InChI is InChI=1S/C16H26N2O4/c1-2-4-14(19)17-13-5-3-8-18(10-13)15(20)11-6-7-12(9-11)16(21)22/h11-13H,2-10H2,1H3,(H,17,19)(H,21,22)/t11-,12+,13?/m1/s1. The highest BCUT2D eigenvalue weighted by atomic mass is 16.4. The Hall–Kier alpha value is -1.59. The predicted molar refractivity (Wildman–Crippen MR) is 81.1 cm³/mol. The van der Waals surface area contributed by atoms with Gasteiger partial charge in [0.05, 0.1) is 5.92 Å². The van der Waals surface area contributed by atoms with Gasteiger partial charge in [0, 0.05) is 31.5 Å². The second-order valence-corrected chi connectivity index (χ2v) is 6.49. The van der Waals surface area contributed by atoms with Gasteiger partial charge in [0.2, 0.25) is 11.8 Å². The Morgan fingerprint density at radius 2 is 1.91 bits per heavy atom. The molecule has 1 heterocycles. The predicted octanol–water partition coefficient (Wildman–Crippen LogP) is 1.39. The molecule has 2 rings (SSSR count). The molecule has 0 radical (unpaired) electrons. The lowest BCUT2D eigenvalue weighted by atomic mass is 10.00. The van der Waals surface area contributed by atoms with Gasteiger partial charge in [-0.3, -0.25) is 14.4 Å². The molecule has 1 saturated carbocycles. The summed E-state index contributed by atoms with van der Waals surface area (Å²) in [5, 5.41) is 12.0. The van der Waals surface area contributed by atoms with E-state index < -0.39 is 5.97 Å². The molecule has 0 aromatic rings. The zero-order chi connectivity index (χ0) is 16.1. The lowest BCUT2D eigenvalue weighted by Crippen LogP contribution is -2.50. The number of carboxylic acids is 1. The first kappa shape index (κ1) is 16.8. The molecule has 0 aromatic carbocycles. The second-order valence-electron chi connectivity index (χ2n) is 6.49. The number of aliphatic carboxylic acids is 1. The zero-order valence-electron chi connectivity index (χ0n) is 13.2. The average molecular weight is 310 g/mol. The lowest BCUT2D eigenvalue weighted by Gasteiger charge is -2.34. The average Bonchev–Trinajstić information content (AvgIpc) is 2.97. The van der Waals surface area contributed by atoms with Crippen molar-refractivity contribution in [3.63, 3.8) is 0 Å². The monoisotopic (exact) mass is 310 g/mol. The molecule has 6 heteroatoms. The van der Waals surface area contributed by atoms with Gasteiger partial charge < -0.3 is 15.3 Å². The van der Waals surface area contributed by atoms with E-state index in [1.54, 1.807) is 0 Å². The van der Waals surface area contributed by atoms with Crippen molar-refractivity contribution in [2.24, 2.45) is 11.8 Å². The number of nitrogens with zero attached hydrogens (tertiary/aromatic N) is 1. The topological polar surface area (TPSA) is 86.7 Å². The molecule has 2 aliphatic rings. The van der Waals surface area contributed by atoms with E-state index in [-0.39, 0.29) is 29.7 Å². The molecule has 0 aromatic heterocycles. The molecule has 0 spiro atoms. The number of carbonyl (C=O) groups is 3. The Kier molecular flexibility index (Phi) is 5.80. The van der Waals surface area contributed by atoms with Crippen molar-refractivity contribution in [1.82, 2.24) is 10.2 Å². The van der Waals surface area contributed by atoms with Crippen molar-refractivity contribution in [3.05, 3.63) is 0 Å². The van der Waals surface area contributed by atoms with Crippen LogP contribution in [0.15, 0.2) is 0 Å². The minimum atomic E-state index is -0.793. The fourth-order valence-corrected chi connectivity index (χ4v) is 3.51. The highest BCUT2D eigenvalue weighted by molar-refractivity contribution is 5.81. The van der Waals surface area contributed by atoms with E-state index >= 15 is 0 Å². The van der Waals surface area contributed by atoms with E-state index in [0.717, 1.165) is 19.3 Å². The van der Waals surface area contributed by atoms with Gasteiger partial charge in [-0.1, -0.05) is 6.92 Å². The molecule has 2 fully saturated rings. The van der Waals surface area contributed by atoms with Crippen molar-refractivity contribution in [3.8, 4) is 0 Å². The van der Waals surface area contributed by atoms with Crippen LogP contribution >= 0.6 is 0 Å². The maximum absolute atomic E-state index is 12.5. The number of hydrogen-bond donors (Lipinski definition) is 2.